The fourth-order valence-corrected chi connectivity index (χ4v) is 1.01. The lowest BCUT2D eigenvalue weighted by Crippen LogP contribution is -2.15. The van der Waals surface area contributed by atoms with Crippen molar-refractivity contribution in [2.75, 3.05) is 13.7 Å². The van der Waals surface area contributed by atoms with Gasteiger partial charge in [-0.25, -0.2) is 0 Å². The standard InChI is InChI=1S/C9H18O3/c1-3-4-8(10)5-6-9(11)7-12-2/h9,11H,3-7H2,1-2H3. The number of Topliss-reactive ketones (excluding diaryl/α,β-unsaturated/α-hetero) is 1. The van der Waals surface area contributed by atoms with Crippen molar-refractivity contribution in [1.82, 2.24) is 0 Å². The van der Waals surface area contributed by atoms with Crippen LogP contribution in [0.15, 0.2) is 0 Å². The van der Waals surface area contributed by atoms with Crippen LogP contribution in [-0.4, -0.2) is 30.7 Å². The van der Waals surface area contributed by atoms with E-state index < -0.39 is 6.10 Å². The van der Waals surface area contributed by atoms with Gasteiger partial charge in [0.15, 0.2) is 0 Å². The third-order valence-corrected chi connectivity index (χ3v) is 1.64. The van der Waals surface area contributed by atoms with E-state index >= 15 is 0 Å². The maximum atomic E-state index is 11.0. The minimum absolute atomic E-state index is 0.229. The molecule has 3 nitrogen and oxygen atoms in total. The highest BCUT2D eigenvalue weighted by atomic mass is 16.5. The van der Waals surface area contributed by atoms with Crippen molar-refractivity contribution in [2.45, 2.75) is 38.7 Å². The van der Waals surface area contributed by atoms with Crippen LogP contribution in [0.1, 0.15) is 32.6 Å². The SMILES string of the molecule is CCCC(=O)CCC(O)COC. The Morgan fingerprint density at radius 1 is 1.50 bits per heavy atom. The van der Waals surface area contributed by atoms with Crippen LogP contribution >= 0.6 is 0 Å². The van der Waals surface area contributed by atoms with Crippen LogP contribution in [0, 0.1) is 0 Å². The fraction of sp³-hybridized carbons (Fsp3) is 0.889. The third-order valence-electron chi connectivity index (χ3n) is 1.64. The number of rotatable bonds is 7. The lowest BCUT2D eigenvalue weighted by molar-refractivity contribution is -0.119. The molecule has 0 aliphatic heterocycles. The summed E-state index contributed by atoms with van der Waals surface area (Å²) in [6, 6.07) is 0. The number of carbonyl (C=O) groups is 1. The molecule has 0 aliphatic rings. The summed E-state index contributed by atoms with van der Waals surface area (Å²) in [6.07, 6.45) is 2.01. The van der Waals surface area contributed by atoms with Gasteiger partial charge in [-0.15, -0.1) is 0 Å². The van der Waals surface area contributed by atoms with Gasteiger partial charge in [0.25, 0.3) is 0 Å². The molecule has 72 valence electrons. The van der Waals surface area contributed by atoms with E-state index in [0.29, 0.717) is 25.9 Å². The largest absolute Gasteiger partial charge is 0.391 e. The molecule has 0 saturated heterocycles. The van der Waals surface area contributed by atoms with Gasteiger partial charge in [-0.05, 0) is 12.8 Å². The van der Waals surface area contributed by atoms with Crippen molar-refractivity contribution in [3.05, 3.63) is 0 Å². The first-order chi connectivity index (χ1) is 5.70. The second-order valence-corrected chi connectivity index (χ2v) is 2.94. The number of methoxy groups -OCH3 is 1. The van der Waals surface area contributed by atoms with Gasteiger partial charge in [0.05, 0.1) is 12.7 Å². The zero-order valence-corrected chi connectivity index (χ0v) is 7.88. The number of ketones is 1. The molecule has 0 spiro atoms. The topological polar surface area (TPSA) is 46.5 Å². The van der Waals surface area contributed by atoms with Crippen LogP contribution in [0.2, 0.25) is 0 Å². The number of carbonyl (C=O) groups excluding carboxylic acids is 1. The van der Waals surface area contributed by atoms with E-state index in [4.69, 9.17) is 4.74 Å². The Balaban J connectivity index is 3.33. The second-order valence-electron chi connectivity index (χ2n) is 2.94. The van der Waals surface area contributed by atoms with Gasteiger partial charge < -0.3 is 9.84 Å². The number of aliphatic hydroxyl groups excluding tert-OH is 1. The Labute approximate surface area is 73.7 Å². The van der Waals surface area contributed by atoms with E-state index in [-0.39, 0.29) is 5.78 Å². The van der Waals surface area contributed by atoms with E-state index in [1.165, 1.54) is 7.11 Å². The maximum Gasteiger partial charge on any atom is 0.133 e. The van der Waals surface area contributed by atoms with Crippen molar-refractivity contribution < 1.29 is 14.6 Å². The second kappa shape index (κ2) is 7.25. The maximum absolute atomic E-state index is 11.0. The van der Waals surface area contributed by atoms with E-state index in [0.717, 1.165) is 6.42 Å². The molecule has 12 heavy (non-hydrogen) atoms. The first-order valence-corrected chi connectivity index (χ1v) is 4.39. The lowest BCUT2D eigenvalue weighted by Gasteiger charge is -2.07. The number of ether oxygens (including phenoxy) is 1. The number of aliphatic hydroxyl groups is 1. The molecule has 0 amide bonds. The molecule has 3 heteroatoms. The molecule has 0 aromatic carbocycles. The first-order valence-electron chi connectivity index (χ1n) is 4.39. The predicted molar refractivity (Wildman–Crippen MR) is 47.0 cm³/mol. The monoisotopic (exact) mass is 174 g/mol. The van der Waals surface area contributed by atoms with Crippen LogP contribution in [0.25, 0.3) is 0 Å². The molecule has 0 aliphatic carbocycles. The van der Waals surface area contributed by atoms with Gasteiger partial charge in [0, 0.05) is 20.0 Å². The predicted octanol–water partition coefficient (Wildman–Crippen LogP) is 1.14. The molecule has 0 heterocycles. The molecule has 0 radical (unpaired) electrons. The normalized spacial score (nSPS) is 12.9. The van der Waals surface area contributed by atoms with Crippen LogP contribution in [0.4, 0.5) is 0 Å². The Kier molecular flexibility index (Phi) is 7.00. The minimum Gasteiger partial charge on any atom is -0.391 e. The van der Waals surface area contributed by atoms with Crippen molar-refractivity contribution in [3.63, 3.8) is 0 Å². The Morgan fingerprint density at radius 3 is 2.67 bits per heavy atom. The van der Waals surface area contributed by atoms with Gasteiger partial charge in [0.2, 0.25) is 0 Å². The Morgan fingerprint density at radius 2 is 2.17 bits per heavy atom. The molecular weight excluding hydrogens is 156 g/mol. The highest BCUT2D eigenvalue weighted by Gasteiger charge is 2.06. The average Bonchev–Trinajstić information content (AvgIpc) is 2.02. The summed E-state index contributed by atoms with van der Waals surface area (Å²) in [5, 5.41) is 9.19. The third kappa shape index (κ3) is 6.31. The number of hydrogen-bond donors (Lipinski definition) is 1. The Hall–Kier alpha value is -0.410. The summed E-state index contributed by atoms with van der Waals surface area (Å²) >= 11 is 0. The smallest absolute Gasteiger partial charge is 0.133 e. The summed E-state index contributed by atoms with van der Waals surface area (Å²) in [5.74, 6) is 0.229. The van der Waals surface area contributed by atoms with E-state index in [2.05, 4.69) is 0 Å². The number of hydrogen-bond acceptors (Lipinski definition) is 3. The molecule has 1 atom stereocenters. The van der Waals surface area contributed by atoms with Crippen molar-refractivity contribution in [3.8, 4) is 0 Å². The van der Waals surface area contributed by atoms with Crippen LogP contribution < -0.4 is 0 Å². The van der Waals surface area contributed by atoms with E-state index in [1.54, 1.807) is 0 Å². The van der Waals surface area contributed by atoms with Gasteiger partial charge in [-0.2, -0.15) is 0 Å². The molecule has 1 N–H and O–H groups in total. The lowest BCUT2D eigenvalue weighted by atomic mass is 10.1. The molecule has 0 saturated carbocycles. The van der Waals surface area contributed by atoms with Crippen molar-refractivity contribution in [2.24, 2.45) is 0 Å². The zero-order valence-electron chi connectivity index (χ0n) is 7.88. The van der Waals surface area contributed by atoms with Crippen molar-refractivity contribution in [1.29, 1.82) is 0 Å². The van der Waals surface area contributed by atoms with Gasteiger partial charge in [0.1, 0.15) is 5.78 Å². The molecule has 0 aromatic heterocycles. The molecule has 0 fully saturated rings. The van der Waals surface area contributed by atoms with Crippen LogP contribution in [0.5, 0.6) is 0 Å². The van der Waals surface area contributed by atoms with Gasteiger partial charge in [-0.3, -0.25) is 4.79 Å². The summed E-state index contributed by atoms with van der Waals surface area (Å²) in [6.45, 7) is 2.29. The molecule has 1 unspecified atom stereocenters. The molecular formula is C9H18O3. The molecule has 0 aromatic rings. The van der Waals surface area contributed by atoms with Crippen LogP contribution in [-0.2, 0) is 9.53 Å². The fourth-order valence-electron chi connectivity index (χ4n) is 1.01. The Bertz CT molecular complexity index is 123. The van der Waals surface area contributed by atoms with Crippen LogP contribution in [0.3, 0.4) is 0 Å². The highest BCUT2D eigenvalue weighted by molar-refractivity contribution is 5.78. The van der Waals surface area contributed by atoms with Gasteiger partial charge >= 0.3 is 0 Å². The zero-order chi connectivity index (χ0) is 9.40. The summed E-state index contributed by atoms with van der Waals surface area (Å²) in [7, 11) is 1.54. The highest BCUT2D eigenvalue weighted by Crippen LogP contribution is 2.02. The molecule has 0 rings (SSSR count). The van der Waals surface area contributed by atoms with E-state index in [9.17, 15) is 9.90 Å². The van der Waals surface area contributed by atoms with E-state index in [1.807, 2.05) is 6.92 Å². The quantitative estimate of drug-likeness (QED) is 0.629. The summed E-state index contributed by atoms with van der Waals surface area (Å²) < 4.78 is 4.73. The van der Waals surface area contributed by atoms with Gasteiger partial charge in [-0.1, -0.05) is 6.92 Å². The van der Waals surface area contributed by atoms with Crippen molar-refractivity contribution >= 4 is 5.78 Å². The first kappa shape index (κ1) is 11.6. The molecule has 0 bridgehead atoms. The summed E-state index contributed by atoms with van der Waals surface area (Å²) in [4.78, 5) is 11.0. The average molecular weight is 174 g/mol. The minimum atomic E-state index is -0.490. The summed E-state index contributed by atoms with van der Waals surface area (Å²) in [5.41, 5.74) is 0.